The van der Waals surface area contributed by atoms with Crippen molar-refractivity contribution in [2.75, 3.05) is 18.0 Å². The average molecular weight is 573 g/mol. The van der Waals surface area contributed by atoms with E-state index in [4.69, 9.17) is 16.3 Å². The number of benzene rings is 2. The fourth-order valence-electron chi connectivity index (χ4n) is 5.79. The third-order valence-electron chi connectivity index (χ3n) is 8.68. The van der Waals surface area contributed by atoms with Crippen LogP contribution in [0.3, 0.4) is 0 Å². The van der Waals surface area contributed by atoms with Crippen LogP contribution in [0.25, 0.3) is 0 Å². The number of aryl methyl sites for hydroxylation is 1. The molecule has 0 radical (unpaired) electrons. The lowest BCUT2D eigenvalue weighted by molar-refractivity contribution is 0.0460. The normalized spacial score (nSPS) is 30.0. The number of hydrogen-bond donors (Lipinski definition) is 2. The maximum absolute atomic E-state index is 13.2. The summed E-state index contributed by atoms with van der Waals surface area (Å²) < 4.78 is 34.7. The second-order valence-corrected chi connectivity index (χ2v) is 13.7. The van der Waals surface area contributed by atoms with E-state index in [2.05, 4.69) is 9.62 Å². The Hall–Kier alpha value is -2.55. The van der Waals surface area contributed by atoms with E-state index in [1.54, 1.807) is 44.2 Å². The van der Waals surface area contributed by atoms with Gasteiger partial charge in [-0.05, 0) is 98.2 Å². The third kappa shape index (κ3) is 6.13. The van der Waals surface area contributed by atoms with Gasteiger partial charge in [-0.2, -0.15) is 0 Å². The van der Waals surface area contributed by atoms with Gasteiger partial charge in [-0.25, -0.2) is 13.1 Å². The van der Waals surface area contributed by atoms with Crippen LogP contribution in [0.4, 0.5) is 5.69 Å². The van der Waals surface area contributed by atoms with Crippen LogP contribution in [0, 0.1) is 17.8 Å². The van der Waals surface area contributed by atoms with Crippen molar-refractivity contribution in [3.63, 3.8) is 0 Å². The second kappa shape index (κ2) is 11.5. The number of carbonyl (C=O) groups excluding carboxylic acids is 1. The minimum atomic E-state index is -3.94. The van der Waals surface area contributed by atoms with Crippen molar-refractivity contribution in [3.8, 4) is 5.75 Å². The Morgan fingerprint density at radius 2 is 1.87 bits per heavy atom. The summed E-state index contributed by atoms with van der Waals surface area (Å²) in [7, 11) is -3.94. The van der Waals surface area contributed by atoms with E-state index in [0.29, 0.717) is 17.4 Å². The number of aliphatic hydroxyl groups is 1. The highest BCUT2D eigenvalue weighted by atomic mass is 35.5. The van der Waals surface area contributed by atoms with Crippen molar-refractivity contribution in [1.29, 1.82) is 0 Å². The molecule has 2 N–H and O–H groups in total. The fourth-order valence-corrected chi connectivity index (χ4v) is 7.20. The first-order chi connectivity index (χ1) is 18.6. The van der Waals surface area contributed by atoms with Gasteiger partial charge >= 0.3 is 0 Å². The Morgan fingerprint density at radius 3 is 2.64 bits per heavy atom. The number of rotatable bonds is 0. The minimum absolute atomic E-state index is 0.0994. The highest BCUT2D eigenvalue weighted by molar-refractivity contribution is 7.90. The third-order valence-corrected chi connectivity index (χ3v) is 10.8. The lowest BCUT2D eigenvalue weighted by atomic mass is 9.70. The molecule has 210 valence electrons. The van der Waals surface area contributed by atoms with Crippen molar-refractivity contribution in [1.82, 2.24) is 4.72 Å². The molecule has 39 heavy (non-hydrogen) atoms. The maximum atomic E-state index is 13.2. The fraction of sp³-hybridized carbons (Fsp3) is 0.500. The minimum Gasteiger partial charge on any atom is -0.487 e. The first kappa shape index (κ1) is 28.0. The molecule has 3 aliphatic rings. The van der Waals surface area contributed by atoms with E-state index < -0.39 is 27.3 Å². The molecule has 2 bridgehead atoms. The van der Waals surface area contributed by atoms with Gasteiger partial charge in [0.05, 0.1) is 17.0 Å². The zero-order valence-electron chi connectivity index (χ0n) is 22.5. The summed E-state index contributed by atoms with van der Waals surface area (Å²) in [6.45, 7) is 5.20. The topological polar surface area (TPSA) is 95.9 Å². The van der Waals surface area contributed by atoms with Crippen LogP contribution in [0.2, 0.25) is 5.02 Å². The lowest BCUT2D eigenvalue weighted by Gasteiger charge is -2.42. The zero-order valence-corrected chi connectivity index (χ0v) is 24.0. The molecule has 9 heteroatoms. The van der Waals surface area contributed by atoms with Gasteiger partial charge in [0.1, 0.15) is 12.4 Å². The molecule has 0 saturated heterocycles. The van der Waals surface area contributed by atoms with Crippen LogP contribution in [-0.4, -0.2) is 43.9 Å². The monoisotopic (exact) mass is 572 g/mol. The number of halogens is 1. The van der Waals surface area contributed by atoms with E-state index >= 15 is 0 Å². The number of nitrogens with one attached hydrogen (secondary N) is 1. The summed E-state index contributed by atoms with van der Waals surface area (Å²) in [6.07, 6.45) is 7.55. The molecular weight excluding hydrogens is 536 g/mol. The summed E-state index contributed by atoms with van der Waals surface area (Å²) in [4.78, 5) is 15.4. The molecule has 5 rings (SSSR count). The van der Waals surface area contributed by atoms with Gasteiger partial charge in [0.25, 0.3) is 5.91 Å². The Kier molecular flexibility index (Phi) is 8.26. The summed E-state index contributed by atoms with van der Waals surface area (Å²) in [5.74, 6) is -0.0221. The van der Waals surface area contributed by atoms with Crippen LogP contribution in [0.1, 0.15) is 61.0 Å². The SMILES string of the molecule is C[C@@H]1[C@@H](C)/C=C/[C@H](O)[C@@H]2CC[C@H]2CN2CCCCc3cc(Cl)ccc3COc3ccc(cc32)C(=O)NS1(=O)=O. The van der Waals surface area contributed by atoms with E-state index in [0.717, 1.165) is 56.4 Å². The van der Waals surface area contributed by atoms with Gasteiger partial charge in [0.2, 0.25) is 10.0 Å². The number of nitrogens with zero attached hydrogens (tertiary/aromatic N) is 1. The molecule has 1 amide bonds. The number of sulfonamides is 1. The Labute approximate surface area is 236 Å². The van der Waals surface area contributed by atoms with E-state index in [1.807, 2.05) is 18.2 Å². The summed E-state index contributed by atoms with van der Waals surface area (Å²) >= 11 is 6.28. The largest absolute Gasteiger partial charge is 0.487 e. The average Bonchev–Trinajstić information content (AvgIpc) is 2.91. The molecule has 0 unspecified atom stereocenters. The number of aliphatic hydroxyl groups excluding tert-OH is 1. The van der Waals surface area contributed by atoms with Gasteiger partial charge in [-0.3, -0.25) is 4.79 Å². The number of amides is 1. The summed E-state index contributed by atoms with van der Waals surface area (Å²) in [5, 5.41) is 10.8. The molecule has 0 aromatic heterocycles. The van der Waals surface area contributed by atoms with Crippen LogP contribution < -0.4 is 14.4 Å². The summed E-state index contributed by atoms with van der Waals surface area (Å²) in [5.41, 5.74) is 3.28. The summed E-state index contributed by atoms with van der Waals surface area (Å²) in [6, 6.07) is 11.0. The first-order valence-corrected chi connectivity index (χ1v) is 15.8. The molecule has 7 nitrogen and oxygen atoms in total. The Bertz CT molecular complexity index is 1360. The maximum Gasteiger partial charge on any atom is 0.264 e. The van der Waals surface area contributed by atoms with Crippen LogP contribution in [0.15, 0.2) is 48.6 Å². The zero-order chi connectivity index (χ0) is 27.7. The highest BCUT2D eigenvalue weighted by Crippen LogP contribution is 2.41. The van der Waals surface area contributed by atoms with Crippen LogP contribution in [0.5, 0.6) is 5.75 Å². The number of ether oxygens (including phenoxy) is 1. The molecule has 0 spiro atoms. The molecule has 1 saturated carbocycles. The molecule has 2 aliphatic heterocycles. The standard InChI is InChI=1S/C30H37ClN2O5S/c1-19-6-12-28(34)26-11-8-23(26)17-33-14-4-3-5-21-15-25(31)10-7-24(21)18-38-29-13-9-22(16-27(29)33)30(35)32-39(36,37)20(19)2/h6-7,9-10,12-13,15-16,19-20,23,26,28,34H,3-5,8,11,14,17-18H2,1-2H3,(H,32,35)/b12-6+/t19-,20+,23-,26+,28-/m0/s1. The molecule has 5 atom stereocenters. The van der Waals surface area contributed by atoms with Gasteiger partial charge in [0, 0.05) is 23.7 Å². The number of allylic oxidation sites excluding steroid dienone is 1. The smallest absolute Gasteiger partial charge is 0.264 e. The molecule has 1 aliphatic carbocycles. The quantitative estimate of drug-likeness (QED) is 0.426. The molecule has 2 heterocycles. The van der Waals surface area contributed by atoms with Crippen molar-refractivity contribution in [2.45, 2.75) is 63.9 Å². The van der Waals surface area contributed by atoms with Gasteiger partial charge < -0.3 is 14.7 Å². The van der Waals surface area contributed by atoms with Gasteiger partial charge in [0.15, 0.2) is 0 Å². The first-order valence-electron chi connectivity index (χ1n) is 13.8. The van der Waals surface area contributed by atoms with Crippen molar-refractivity contribution in [2.24, 2.45) is 17.8 Å². The van der Waals surface area contributed by atoms with E-state index in [9.17, 15) is 18.3 Å². The van der Waals surface area contributed by atoms with Gasteiger partial charge in [-0.1, -0.05) is 36.7 Å². The molecule has 2 aromatic rings. The van der Waals surface area contributed by atoms with Crippen molar-refractivity contribution >= 4 is 33.2 Å². The van der Waals surface area contributed by atoms with E-state index in [1.165, 1.54) is 5.56 Å². The lowest BCUT2D eigenvalue weighted by Crippen LogP contribution is -2.43. The van der Waals surface area contributed by atoms with E-state index in [-0.39, 0.29) is 23.3 Å². The number of fused-ring (bicyclic) bond motifs is 3. The number of carbonyl (C=O) groups is 1. The Balaban J connectivity index is 1.55. The predicted molar refractivity (Wildman–Crippen MR) is 154 cm³/mol. The predicted octanol–water partition coefficient (Wildman–Crippen LogP) is 5.10. The molecule has 1 fully saturated rings. The van der Waals surface area contributed by atoms with Crippen molar-refractivity contribution in [3.05, 3.63) is 70.3 Å². The van der Waals surface area contributed by atoms with Crippen LogP contribution >= 0.6 is 11.6 Å². The molecule has 2 aromatic carbocycles. The van der Waals surface area contributed by atoms with Gasteiger partial charge in [-0.15, -0.1) is 0 Å². The highest BCUT2D eigenvalue weighted by Gasteiger charge is 2.37. The van der Waals surface area contributed by atoms with Crippen molar-refractivity contribution < 1.29 is 23.1 Å². The molecular formula is C30H37ClN2O5S. The number of anilines is 1. The Morgan fingerprint density at radius 1 is 1.05 bits per heavy atom. The second-order valence-electron chi connectivity index (χ2n) is 11.2. The number of hydrogen-bond acceptors (Lipinski definition) is 6. The van der Waals surface area contributed by atoms with Crippen LogP contribution in [-0.2, 0) is 23.1 Å².